The summed E-state index contributed by atoms with van der Waals surface area (Å²) >= 11 is 0. The topological polar surface area (TPSA) is 102 Å². The molecule has 7 nitrogen and oxygen atoms in total. The molecule has 0 amide bonds. The Morgan fingerprint density at radius 1 is 1.29 bits per heavy atom. The number of carbonyl (C=O) groups is 1. The summed E-state index contributed by atoms with van der Waals surface area (Å²) in [5, 5.41) is 0. The second-order valence-corrected chi connectivity index (χ2v) is 7.35. The van der Waals surface area contributed by atoms with Gasteiger partial charge in [0.1, 0.15) is 6.04 Å². The first-order valence-corrected chi connectivity index (χ1v) is 9.11. The van der Waals surface area contributed by atoms with E-state index < -0.39 is 22.2 Å². The van der Waals surface area contributed by atoms with Crippen LogP contribution in [0, 0.1) is 0 Å². The Hall–Kier alpha value is -0.700. The smallest absolute Gasteiger partial charge is 0.324 e. The summed E-state index contributed by atoms with van der Waals surface area (Å²) in [6, 6.07) is -1.10. The molecule has 1 unspecified atom stereocenters. The number of nitrogens with zero attached hydrogens (tertiary/aromatic N) is 1. The average molecular weight is 319 g/mol. The first kappa shape index (κ1) is 16.7. The molecule has 2 aliphatic rings. The fraction of sp³-hybridized carbons (Fsp3) is 0.923. The van der Waals surface area contributed by atoms with Gasteiger partial charge in [-0.15, -0.1) is 0 Å². The number of rotatable bonds is 5. The number of ether oxygens (including phenoxy) is 1. The van der Waals surface area contributed by atoms with Crippen LogP contribution in [0.1, 0.15) is 45.4 Å². The van der Waals surface area contributed by atoms with E-state index in [1.807, 2.05) is 0 Å². The molecular weight excluding hydrogens is 294 g/mol. The average Bonchev–Trinajstić information content (AvgIpc) is 2.92. The summed E-state index contributed by atoms with van der Waals surface area (Å²) in [6.07, 6.45) is 4.77. The van der Waals surface area contributed by atoms with Crippen LogP contribution in [0.2, 0.25) is 0 Å². The fourth-order valence-corrected chi connectivity index (χ4v) is 4.77. The third-order valence-electron chi connectivity index (χ3n) is 4.19. The van der Waals surface area contributed by atoms with Gasteiger partial charge in [0.15, 0.2) is 0 Å². The van der Waals surface area contributed by atoms with Crippen LogP contribution in [0.25, 0.3) is 0 Å². The van der Waals surface area contributed by atoms with E-state index in [9.17, 15) is 13.2 Å². The third kappa shape index (κ3) is 3.94. The molecule has 8 heteroatoms. The van der Waals surface area contributed by atoms with Crippen LogP contribution in [0.3, 0.4) is 0 Å². The van der Waals surface area contributed by atoms with Gasteiger partial charge in [0.25, 0.3) is 10.2 Å². The van der Waals surface area contributed by atoms with Gasteiger partial charge in [-0.25, -0.2) is 0 Å². The van der Waals surface area contributed by atoms with Crippen LogP contribution in [0.5, 0.6) is 0 Å². The first-order valence-electron chi connectivity index (χ1n) is 7.67. The SMILES string of the molecule is CCOC(=O)C1CCCN1S(=O)(=O)N[C@@H]1CCCC[C@H]1N. The number of hydrogen-bond donors (Lipinski definition) is 2. The molecule has 3 N–H and O–H groups in total. The molecule has 1 aliphatic carbocycles. The highest BCUT2D eigenvalue weighted by Crippen LogP contribution is 2.24. The van der Waals surface area contributed by atoms with Crippen molar-refractivity contribution in [3.63, 3.8) is 0 Å². The van der Waals surface area contributed by atoms with Crippen molar-refractivity contribution in [2.45, 2.75) is 63.6 Å². The van der Waals surface area contributed by atoms with Crippen molar-refractivity contribution < 1.29 is 17.9 Å². The number of esters is 1. The van der Waals surface area contributed by atoms with Crippen molar-refractivity contribution in [3.8, 4) is 0 Å². The van der Waals surface area contributed by atoms with Gasteiger partial charge in [-0.1, -0.05) is 12.8 Å². The van der Waals surface area contributed by atoms with Crippen molar-refractivity contribution in [2.24, 2.45) is 5.73 Å². The molecule has 1 aliphatic heterocycles. The van der Waals surface area contributed by atoms with Crippen molar-refractivity contribution >= 4 is 16.2 Å². The number of hydrogen-bond acceptors (Lipinski definition) is 5. The van der Waals surface area contributed by atoms with E-state index in [1.54, 1.807) is 6.92 Å². The second kappa shape index (κ2) is 7.04. The van der Waals surface area contributed by atoms with Crippen LogP contribution in [-0.2, 0) is 19.7 Å². The van der Waals surface area contributed by atoms with Gasteiger partial charge in [0.2, 0.25) is 0 Å². The minimum atomic E-state index is -3.70. The van der Waals surface area contributed by atoms with Crippen LogP contribution in [0.4, 0.5) is 0 Å². The van der Waals surface area contributed by atoms with Crippen molar-refractivity contribution in [3.05, 3.63) is 0 Å². The third-order valence-corrected chi connectivity index (χ3v) is 5.85. The van der Waals surface area contributed by atoms with Crippen molar-refractivity contribution in [1.29, 1.82) is 0 Å². The molecular formula is C13H25N3O4S. The Morgan fingerprint density at radius 3 is 2.67 bits per heavy atom. The molecule has 0 aromatic heterocycles. The van der Waals surface area contributed by atoms with Gasteiger partial charge < -0.3 is 10.5 Å². The van der Waals surface area contributed by atoms with E-state index in [-0.39, 0.29) is 18.7 Å². The molecule has 0 radical (unpaired) electrons. The molecule has 1 saturated carbocycles. The molecule has 0 spiro atoms. The zero-order valence-corrected chi connectivity index (χ0v) is 13.3. The highest BCUT2D eigenvalue weighted by atomic mass is 32.2. The Morgan fingerprint density at radius 2 is 2.00 bits per heavy atom. The van der Waals surface area contributed by atoms with E-state index in [0.717, 1.165) is 25.7 Å². The predicted octanol–water partition coefficient (Wildman–Crippen LogP) is 0.118. The zero-order valence-electron chi connectivity index (χ0n) is 12.5. The molecule has 21 heavy (non-hydrogen) atoms. The quantitative estimate of drug-likeness (QED) is 0.701. The molecule has 0 aromatic carbocycles. The largest absolute Gasteiger partial charge is 0.465 e. The molecule has 2 fully saturated rings. The standard InChI is InChI=1S/C13H25N3O4S/c1-2-20-13(17)12-8-5-9-16(12)21(18,19)15-11-7-4-3-6-10(11)14/h10-12,15H,2-9,14H2,1H3/t10-,11-,12?/m1/s1. The van der Waals surface area contributed by atoms with E-state index in [1.165, 1.54) is 4.31 Å². The van der Waals surface area contributed by atoms with Gasteiger partial charge >= 0.3 is 5.97 Å². The first-order chi connectivity index (χ1) is 9.95. The fourth-order valence-electron chi connectivity index (χ4n) is 3.07. The number of carbonyl (C=O) groups excluding carboxylic acids is 1. The number of nitrogens with two attached hydrogens (primary N) is 1. The summed E-state index contributed by atoms with van der Waals surface area (Å²) in [6.45, 7) is 2.32. The number of nitrogens with one attached hydrogen (secondary N) is 1. The van der Waals surface area contributed by atoms with Gasteiger partial charge in [0.05, 0.1) is 6.61 Å². The van der Waals surface area contributed by atoms with Gasteiger partial charge in [-0.3, -0.25) is 4.79 Å². The second-order valence-electron chi connectivity index (χ2n) is 5.70. The van der Waals surface area contributed by atoms with E-state index in [0.29, 0.717) is 19.4 Å². The predicted molar refractivity (Wildman–Crippen MR) is 78.6 cm³/mol. The maximum atomic E-state index is 12.5. The Kier molecular flexibility index (Phi) is 5.59. The maximum absolute atomic E-state index is 12.5. The Balaban J connectivity index is 2.05. The van der Waals surface area contributed by atoms with Crippen LogP contribution < -0.4 is 10.5 Å². The van der Waals surface area contributed by atoms with E-state index in [2.05, 4.69) is 4.72 Å². The Labute approximate surface area is 126 Å². The lowest BCUT2D eigenvalue weighted by molar-refractivity contribution is -0.146. The molecule has 1 saturated heterocycles. The highest BCUT2D eigenvalue weighted by molar-refractivity contribution is 7.87. The normalized spacial score (nSPS) is 31.2. The van der Waals surface area contributed by atoms with Crippen LogP contribution >= 0.6 is 0 Å². The molecule has 2 rings (SSSR count). The lowest BCUT2D eigenvalue weighted by atomic mass is 9.92. The van der Waals surface area contributed by atoms with Crippen LogP contribution in [-0.4, -0.2) is 50.0 Å². The molecule has 1 heterocycles. The molecule has 3 atom stereocenters. The Bertz CT molecular complexity index is 468. The summed E-state index contributed by atoms with van der Waals surface area (Å²) in [5.41, 5.74) is 5.99. The minimum Gasteiger partial charge on any atom is -0.465 e. The lowest BCUT2D eigenvalue weighted by Gasteiger charge is -2.31. The highest BCUT2D eigenvalue weighted by Gasteiger charge is 2.41. The van der Waals surface area contributed by atoms with Gasteiger partial charge in [-0.2, -0.15) is 17.4 Å². The van der Waals surface area contributed by atoms with Gasteiger partial charge in [-0.05, 0) is 32.6 Å². The van der Waals surface area contributed by atoms with Crippen molar-refractivity contribution in [1.82, 2.24) is 9.03 Å². The van der Waals surface area contributed by atoms with Gasteiger partial charge in [0, 0.05) is 18.6 Å². The van der Waals surface area contributed by atoms with Crippen LogP contribution in [0.15, 0.2) is 0 Å². The summed E-state index contributed by atoms with van der Waals surface area (Å²) < 4.78 is 33.9. The zero-order chi connectivity index (χ0) is 15.5. The monoisotopic (exact) mass is 319 g/mol. The maximum Gasteiger partial charge on any atom is 0.324 e. The molecule has 0 aromatic rings. The van der Waals surface area contributed by atoms with E-state index in [4.69, 9.17) is 10.5 Å². The van der Waals surface area contributed by atoms with Crippen molar-refractivity contribution in [2.75, 3.05) is 13.2 Å². The molecule has 122 valence electrons. The lowest BCUT2D eigenvalue weighted by Crippen LogP contribution is -2.55. The molecule has 0 bridgehead atoms. The van der Waals surface area contributed by atoms with E-state index >= 15 is 0 Å². The summed E-state index contributed by atoms with van der Waals surface area (Å²) in [7, 11) is -3.70. The minimum absolute atomic E-state index is 0.155. The summed E-state index contributed by atoms with van der Waals surface area (Å²) in [4.78, 5) is 11.9. The summed E-state index contributed by atoms with van der Waals surface area (Å²) in [5.74, 6) is -0.465.